The molecule has 0 aromatic rings. The lowest BCUT2D eigenvalue weighted by Crippen LogP contribution is -2.31. The van der Waals surface area contributed by atoms with Gasteiger partial charge in [-0.25, -0.2) is 4.79 Å². The molecule has 0 aromatic carbocycles. The Balaban J connectivity index is 1.92. The Morgan fingerprint density at radius 2 is 1.87 bits per heavy atom. The summed E-state index contributed by atoms with van der Waals surface area (Å²) in [4.78, 5) is 23.3. The van der Waals surface area contributed by atoms with E-state index in [1.807, 2.05) is 0 Å². The highest BCUT2D eigenvalue weighted by Gasteiger charge is 2.11. The lowest BCUT2D eigenvalue weighted by molar-refractivity contribution is -0.149. The molecule has 0 saturated carbocycles. The molecule has 5 nitrogen and oxygen atoms in total. The number of ketones is 1. The van der Waals surface area contributed by atoms with Gasteiger partial charge in [0.15, 0.2) is 0 Å². The Hall–Kier alpha value is -0.940. The molecule has 0 unspecified atom stereocenters. The van der Waals surface area contributed by atoms with E-state index in [4.69, 9.17) is 5.11 Å². The van der Waals surface area contributed by atoms with Gasteiger partial charge in [0.2, 0.25) is 5.78 Å². The Kier molecular flexibility index (Phi) is 5.28. The van der Waals surface area contributed by atoms with Crippen molar-refractivity contribution in [2.75, 3.05) is 32.7 Å². The first-order valence-corrected chi connectivity index (χ1v) is 5.39. The van der Waals surface area contributed by atoms with Gasteiger partial charge in [0.25, 0.3) is 0 Å². The van der Waals surface area contributed by atoms with E-state index in [9.17, 15) is 9.59 Å². The van der Waals surface area contributed by atoms with Crippen LogP contribution in [-0.4, -0.2) is 54.5 Å². The molecule has 1 rings (SSSR count). The zero-order chi connectivity index (χ0) is 11.1. The molecular formula is C10H18N2O3. The zero-order valence-electron chi connectivity index (χ0n) is 8.87. The molecule has 1 saturated heterocycles. The zero-order valence-corrected chi connectivity index (χ0v) is 8.87. The van der Waals surface area contributed by atoms with Gasteiger partial charge in [0, 0.05) is 26.1 Å². The molecular weight excluding hydrogens is 196 g/mol. The predicted molar refractivity (Wildman–Crippen MR) is 55.8 cm³/mol. The largest absolute Gasteiger partial charge is 0.476 e. The number of nitrogens with zero attached hydrogens (tertiary/aromatic N) is 1. The number of hydrogen-bond acceptors (Lipinski definition) is 4. The van der Waals surface area contributed by atoms with Crippen LogP contribution in [-0.2, 0) is 9.59 Å². The van der Waals surface area contributed by atoms with Crippen molar-refractivity contribution in [3.05, 3.63) is 0 Å². The van der Waals surface area contributed by atoms with Gasteiger partial charge in [0.05, 0.1) is 0 Å². The Bertz CT molecular complexity index is 225. The maximum Gasteiger partial charge on any atom is 0.372 e. The second-order valence-corrected chi connectivity index (χ2v) is 3.78. The standard InChI is InChI=1S/C10H18N2O3/c13-9(10(14)15)3-4-11-5-8-12-6-1-2-7-12/h11H,1-8H2,(H,14,15). The predicted octanol–water partition coefficient (Wildman–Crippen LogP) is -0.284. The fourth-order valence-electron chi connectivity index (χ4n) is 1.68. The van der Waals surface area contributed by atoms with E-state index in [0.29, 0.717) is 6.54 Å². The number of carboxylic acid groups (broad SMARTS) is 1. The highest BCUT2D eigenvalue weighted by Crippen LogP contribution is 2.05. The molecule has 86 valence electrons. The molecule has 0 radical (unpaired) electrons. The molecule has 1 heterocycles. The monoisotopic (exact) mass is 214 g/mol. The van der Waals surface area contributed by atoms with Crippen LogP contribution in [0.5, 0.6) is 0 Å². The molecule has 5 heteroatoms. The van der Waals surface area contributed by atoms with E-state index < -0.39 is 11.8 Å². The van der Waals surface area contributed by atoms with Crippen molar-refractivity contribution in [2.45, 2.75) is 19.3 Å². The van der Waals surface area contributed by atoms with Crippen LogP contribution >= 0.6 is 0 Å². The van der Waals surface area contributed by atoms with Gasteiger partial charge >= 0.3 is 5.97 Å². The van der Waals surface area contributed by atoms with Crippen LogP contribution in [0, 0.1) is 0 Å². The summed E-state index contributed by atoms with van der Waals surface area (Å²) in [6.45, 7) is 4.60. The molecule has 0 spiro atoms. The first kappa shape index (κ1) is 12.1. The van der Waals surface area contributed by atoms with Gasteiger partial charge in [-0.15, -0.1) is 0 Å². The number of aliphatic carboxylic acids is 1. The van der Waals surface area contributed by atoms with Crippen molar-refractivity contribution in [3.63, 3.8) is 0 Å². The van der Waals surface area contributed by atoms with Crippen LogP contribution in [0.1, 0.15) is 19.3 Å². The number of hydrogen-bond donors (Lipinski definition) is 2. The van der Waals surface area contributed by atoms with Crippen LogP contribution in [0.3, 0.4) is 0 Å². The van der Waals surface area contributed by atoms with Crippen molar-refractivity contribution < 1.29 is 14.7 Å². The number of carbonyl (C=O) groups excluding carboxylic acids is 1. The second-order valence-electron chi connectivity index (χ2n) is 3.78. The summed E-state index contributed by atoms with van der Waals surface area (Å²) in [7, 11) is 0. The van der Waals surface area contributed by atoms with Crippen LogP contribution in [0.4, 0.5) is 0 Å². The second kappa shape index (κ2) is 6.53. The van der Waals surface area contributed by atoms with E-state index >= 15 is 0 Å². The average Bonchev–Trinajstić information content (AvgIpc) is 2.69. The van der Waals surface area contributed by atoms with Gasteiger partial charge < -0.3 is 15.3 Å². The summed E-state index contributed by atoms with van der Waals surface area (Å²) in [5.41, 5.74) is 0. The Morgan fingerprint density at radius 3 is 2.47 bits per heavy atom. The van der Waals surface area contributed by atoms with E-state index in [1.165, 1.54) is 12.8 Å². The third kappa shape index (κ3) is 4.90. The maximum atomic E-state index is 10.7. The van der Waals surface area contributed by atoms with Crippen LogP contribution in [0.15, 0.2) is 0 Å². The van der Waals surface area contributed by atoms with Crippen LogP contribution in [0.2, 0.25) is 0 Å². The van der Waals surface area contributed by atoms with Gasteiger partial charge in [-0.3, -0.25) is 4.79 Å². The Labute approximate surface area is 89.4 Å². The lowest BCUT2D eigenvalue weighted by Gasteiger charge is -2.14. The summed E-state index contributed by atoms with van der Waals surface area (Å²) < 4.78 is 0. The molecule has 15 heavy (non-hydrogen) atoms. The number of carboxylic acids is 1. The number of rotatable bonds is 7. The van der Waals surface area contributed by atoms with Crippen molar-refractivity contribution in [1.82, 2.24) is 10.2 Å². The summed E-state index contributed by atoms with van der Waals surface area (Å²) in [6, 6.07) is 0. The van der Waals surface area contributed by atoms with Gasteiger partial charge in [-0.05, 0) is 25.9 Å². The number of Topliss-reactive ketones (excluding diaryl/α,β-unsaturated/α-hetero) is 1. The number of nitrogens with one attached hydrogen (secondary N) is 1. The van der Waals surface area contributed by atoms with E-state index in [1.54, 1.807) is 0 Å². The fraction of sp³-hybridized carbons (Fsp3) is 0.800. The minimum atomic E-state index is -1.34. The molecule has 1 aliphatic rings. The van der Waals surface area contributed by atoms with E-state index in [2.05, 4.69) is 10.2 Å². The SMILES string of the molecule is O=C(O)C(=O)CCNCCN1CCCC1. The van der Waals surface area contributed by atoms with Crippen LogP contribution in [0.25, 0.3) is 0 Å². The highest BCUT2D eigenvalue weighted by molar-refractivity contribution is 6.32. The van der Waals surface area contributed by atoms with E-state index in [-0.39, 0.29) is 6.42 Å². The molecule has 0 aromatic heterocycles. The maximum absolute atomic E-state index is 10.7. The summed E-state index contributed by atoms with van der Waals surface area (Å²) in [5.74, 6) is -2.06. The average molecular weight is 214 g/mol. The van der Waals surface area contributed by atoms with Crippen molar-refractivity contribution in [2.24, 2.45) is 0 Å². The normalized spacial score (nSPS) is 16.8. The molecule has 0 bridgehead atoms. The fourth-order valence-corrected chi connectivity index (χ4v) is 1.68. The summed E-state index contributed by atoms with van der Waals surface area (Å²) in [6.07, 6.45) is 2.63. The molecule has 1 aliphatic heterocycles. The van der Waals surface area contributed by atoms with Crippen molar-refractivity contribution in [3.8, 4) is 0 Å². The minimum absolute atomic E-state index is 0.0787. The molecule has 0 aliphatic carbocycles. The smallest absolute Gasteiger partial charge is 0.372 e. The highest BCUT2D eigenvalue weighted by atomic mass is 16.4. The third-order valence-electron chi connectivity index (χ3n) is 2.57. The van der Waals surface area contributed by atoms with Crippen molar-refractivity contribution in [1.29, 1.82) is 0 Å². The quantitative estimate of drug-likeness (QED) is 0.450. The van der Waals surface area contributed by atoms with Gasteiger partial charge in [-0.2, -0.15) is 0 Å². The lowest BCUT2D eigenvalue weighted by atomic mass is 10.3. The van der Waals surface area contributed by atoms with E-state index in [0.717, 1.165) is 26.2 Å². The molecule has 0 atom stereocenters. The summed E-state index contributed by atoms with van der Waals surface area (Å²) in [5, 5.41) is 11.4. The molecule has 2 N–H and O–H groups in total. The summed E-state index contributed by atoms with van der Waals surface area (Å²) >= 11 is 0. The first-order chi connectivity index (χ1) is 7.20. The third-order valence-corrected chi connectivity index (χ3v) is 2.57. The topological polar surface area (TPSA) is 69.6 Å². The Morgan fingerprint density at radius 1 is 1.20 bits per heavy atom. The molecule has 0 amide bonds. The molecule has 1 fully saturated rings. The van der Waals surface area contributed by atoms with Crippen LogP contribution < -0.4 is 5.32 Å². The minimum Gasteiger partial charge on any atom is -0.476 e. The van der Waals surface area contributed by atoms with Gasteiger partial charge in [-0.1, -0.05) is 0 Å². The number of likely N-dealkylation sites (tertiary alicyclic amines) is 1. The number of carbonyl (C=O) groups is 2. The van der Waals surface area contributed by atoms with Crippen molar-refractivity contribution >= 4 is 11.8 Å². The van der Waals surface area contributed by atoms with Gasteiger partial charge in [0.1, 0.15) is 0 Å². The first-order valence-electron chi connectivity index (χ1n) is 5.39.